The number of nitrogens with zero attached hydrogens (tertiary/aromatic N) is 7. The molecular weight excluding hydrogens is 928 g/mol. The van der Waals surface area contributed by atoms with E-state index in [1.807, 2.05) is 68.7 Å². The molecule has 0 N–H and O–H groups in total. The Kier molecular flexibility index (Phi) is 14.2. The van der Waals surface area contributed by atoms with E-state index < -0.39 is 0 Å². The molecule has 8 aromatic rings. The normalized spacial score (nSPS) is 14.0. The molecule has 12 rings (SSSR count). The molecule has 2 fully saturated rings. The van der Waals surface area contributed by atoms with Crippen molar-refractivity contribution < 1.29 is 36.5 Å². The summed E-state index contributed by atoms with van der Waals surface area (Å²) in [6, 6.07) is 42.6. The molecule has 0 saturated heterocycles. The van der Waals surface area contributed by atoms with Gasteiger partial charge in [0.2, 0.25) is 0 Å². The molecule has 8 bridgehead atoms. The number of rotatable bonds is 6. The van der Waals surface area contributed by atoms with Gasteiger partial charge in [0.05, 0.1) is 40.4 Å². The van der Waals surface area contributed by atoms with Gasteiger partial charge in [-0.1, -0.05) is 131 Å². The Morgan fingerprint density at radius 2 is 0.721 bits per heavy atom. The maximum atomic E-state index is 5.44. The summed E-state index contributed by atoms with van der Waals surface area (Å²) in [5.74, 6) is 1.04. The van der Waals surface area contributed by atoms with E-state index in [1.54, 1.807) is 0 Å². The summed E-state index contributed by atoms with van der Waals surface area (Å²) in [6.45, 7) is 6.32. The molecule has 0 amide bonds. The maximum absolute atomic E-state index is 5.44. The van der Waals surface area contributed by atoms with Crippen LogP contribution in [0.2, 0.25) is 0 Å². The molecular formula is C59H43FeN7Zn+2. The van der Waals surface area contributed by atoms with E-state index in [1.165, 1.54) is 16.7 Å². The zero-order valence-electron chi connectivity index (χ0n) is 37.8. The van der Waals surface area contributed by atoms with E-state index in [-0.39, 0.29) is 36.5 Å². The average Bonchev–Trinajstić information content (AvgIpc) is 4.19. The second kappa shape index (κ2) is 20.6. The first-order valence-electron chi connectivity index (χ1n) is 22.1. The van der Waals surface area contributed by atoms with Crippen LogP contribution >= 0.6 is 0 Å². The first-order valence-corrected chi connectivity index (χ1v) is 22.1. The van der Waals surface area contributed by atoms with Gasteiger partial charge in [-0.3, -0.25) is 0 Å². The first-order chi connectivity index (χ1) is 32.4. The Bertz CT molecular complexity index is 3240. The van der Waals surface area contributed by atoms with E-state index >= 15 is 0 Å². The fourth-order valence-corrected chi connectivity index (χ4v) is 8.60. The second-order valence-electron chi connectivity index (χ2n) is 16.7. The molecule has 9 heteroatoms. The molecule has 0 unspecified atom stereocenters. The molecule has 6 heterocycles. The van der Waals surface area contributed by atoms with Gasteiger partial charge in [0.15, 0.2) is 0 Å². The Morgan fingerprint density at radius 3 is 1.06 bits per heavy atom. The summed E-state index contributed by atoms with van der Waals surface area (Å²) in [5.41, 5.74) is 19.8. The van der Waals surface area contributed by atoms with Crippen molar-refractivity contribution in [3.05, 3.63) is 236 Å². The summed E-state index contributed by atoms with van der Waals surface area (Å²) in [6.07, 6.45) is 28.5. The van der Waals surface area contributed by atoms with E-state index in [2.05, 4.69) is 177 Å². The molecule has 4 aromatic heterocycles. The van der Waals surface area contributed by atoms with Gasteiger partial charge in [-0.05, 0) is 160 Å². The van der Waals surface area contributed by atoms with Crippen LogP contribution in [0.1, 0.15) is 45.2 Å². The van der Waals surface area contributed by atoms with Gasteiger partial charge in [-0.15, -0.1) is 27.2 Å². The second-order valence-corrected chi connectivity index (χ2v) is 16.7. The predicted octanol–water partition coefficient (Wildman–Crippen LogP) is 12.9. The number of benzene rings is 4. The number of aromatic nitrogens is 7. The van der Waals surface area contributed by atoms with Crippen molar-refractivity contribution in [1.29, 1.82) is 0 Å². The molecule has 2 aliphatic carbocycles. The molecule has 68 heavy (non-hydrogen) atoms. The van der Waals surface area contributed by atoms with Gasteiger partial charge >= 0.3 is 36.5 Å². The topological polar surface area (TPSA) is 84.7 Å². The van der Waals surface area contributed by atoms with Crippen molar-refractivity contribution in [2.24, 2.45) is 0 Å². The Balaban J connectivity index is 0.000000777. The van der Waals surface area contributed by atoms with Crippen molar-refractivity contribution in [3.8, 4) is 50.2 Å². The molecule has 0 atom stereocenters. The molecule has 2 aliphatic heterocycles. The third-order valence-corrected chi connectivity index (χ3v) is 12.1. The van der Waals surface area contributed by atoms with Gasteiger partial charge in [0.25, 0.3) is 0 Å². The van der Waals surface area contributed by atoms with Crippen LogP contribution in [-0.2, 0) is 36.5 Å². The standard InChI is InChI=1S/C54H38N7.C5H5.Fe.Zn/c1-33-8-14-37(15-9-33)51-42-24-26-44(55-42)52(38-16-10-34(2)11-17-38)46-28-30-48(57-46)54(40-20-22-41(23-21-40)61-32-50(59-60-61)36-6-4-5-7-36)49-31-29-47(58-49)53(45-27-25-43(51)56-45)39-18-12-35(3)13-19-39;1-2-4-5-3-1;;/h4-32H,1-3H3;1-5H;;/q-2;;2*+2. The summed E-state index contributed by atoms with van der Waals surface area (Å²) >= 11 is 0. The van der Waals surface area contributed by atoms with Crippen molar-refractivity contribution in [1.82, 2.24) is 34.9 Å². The Hall–Kier alpha value is -6.24. The third-order valence-electron chi connectivity index (χ3n) is 12.1. The fraction of sp³-hybridized carbons (Fsp3) is 0.0508. The van der Waals surface area contributed by atoms with Crippen LogP contribution < -0.4 is 9.97 Å². The van der Waals surface area contributed by atoms with Crippen LogP contribution in [0, 0.1) is 84.5 Å². The van der Waals surface area contributed by atoms with Gasteiger partial charge < -0.3 is 9.97 Å². The first kappa shape index (κ1) is 46.9. The molecule has 0 spiro atoms. The summed E-state index contributed by atoms with van der Waals surface area (Å²) in [4.78, 5) is 21.7. The van der Waals surface area contributed by atoms with Crippen molar-refractivity contribution in [3.63, 3.8) is 0 Å². The minimum absolute atomic E-state index is 0. The van der Waals surface area contributed by atoms with Gasteiger partial charge in [-0.25, -0.2) is 14.6 Å². The largest absolute Gasteiger partial charge is 2.00 e. The van der Waals surface area contributed by atoms with Crippen LogP contribution in [0.5, 0.6) is 0 Å². The number of aryl methyl sites for hydroxylation is 3. The monoisotopic (exact) mass is 969 g/mol. The molecule has 10 radical (unpaired) electrons. The quantitative estimate of drug-likeness (QED) is 0.154. The fourth-order valence-electron chi connectivity index (χ4n) is 8.60. The maximum Gasteiger partial charge on any atom is 2.00 e. The molecule has 4 aromatic carbocycles. The minimum atomic E-state index is 0. The van der Waals surface area contributed by atoms with E-state index in [4.69, 9.17) is 19.9 Å². The molecule has 7 nitrogen and oxygen atoms in total. The van der Waals surface area contributed by atoms with Crippen molar-refractivity contribution >= 4 is 46.4 Å². The van der Waals surface area contributed by atoms with E-state index in [0.717, 1.165) is 107 Å². The van der Waals surface area contributed by atoms with Crippen LogP contribution in [0.25, 0.3) is 96.6 Å². The smallest absolute Gasteiger partial charge is 0.657 e. The average molecular weight is 971 g/mol. The Labute approximate surface area is 422 Å². The number of hydrogen-bond acceptors (Lipinski definition) is 4. The Morgan fingerprint density at radius 1 is 0.397 bits per heavy atom. The summed E-state index contributed by atoms with van der Waals surface area (Å²) in [7, 11) is 0. The van der Waals surface area contributed by atoms with Gasteiger partial charge in [-0.2, -0.15) is 0 Å². The number of hydrogen-bond donors (Lipinski definition) is 0. The van der Waals surface area contributed by atoms with Crippen LogP contribution in [0.15, 0.2) is 128 Å². The summed E-state index contributed by atoms with van der Waals surface area (Å²) < 4.78 is 1.81. The SMILES string of the molecule is Cc1ccc(-c2c3nc(c(-c4ccc(C)cc4)c4ccc([n-]4)c(-c4ccc(-n5cc([C]6[CH][CH][CH][CH]6)nn5)cc4)c4nc(c(-c5ccc(C)cc5)c5ccc2[n-]5)C=C4)C=C3)cc1.[CH]1[CH][CH][CH][CH]1.[Fe+2].[Zn+2]. The molecule has 2 saturated carbocycles. The van der Waals surface area contributed by atoms with Gasteiger partial charge in [0.1, 0.15) is 0 Å². The minimum Gasteiger partial charge on any atom is -0.657 e. The van der Waals surface area contributed by atoms with Gasteiger partial charge in [0, 0.05) is 5.92 Å². The van der Waals surface area contributed by atoms with Crippen molar-refractivity contribution in [2.45, 2.75) is 20.8 Å². The number of fused-ring (bicyclic) bond motifs is 8. The zero-order valence-corrected chi connectivity index (χ0v) is 41.9. The van der Waals surface area contributed by atoms with E-state index in [0.29, 0.717) is 0 Å². The van der Waals surface area contributed by atoms with Crippen LogP contribution in [0.4, 0.5) is 0 Å². The molecule has 322 valence electrons. The summed E-state index contributed by atoms with van der Waals surface area (Å²) in [5, 5.41) is 8.88. The van der Waals surface area contributed by atoms with E-state index in [9.17, 15) is 0 Å². The third kappa shape index (κ3) is 9.58. The molecule has 4 aliphatic rings. The zero-order chi connectivity index (χ0) is 44.6. The predicted molar refractivity (Wildman–Crippen MR) is 269 cm³/mol. The van der Waals surface area contributed by atoms with Crippen molar-refractivity contribution in [2.75, 3.05) is 0 Å². The van der Waals surface area contributed by atoms with Crippen LogP contribution in [0.3, 0.4) is 0 Å². The van der Waals surface area contributed by atoms with Crippen LogP contribution in [-0.4, -0.2) is 25.0 Å².